The van der Waals surface area contributed by atoms with E-state index in [4.69, 9.17) is 4.74 Å². The van der Waals surface area contributed by atoms with Gasteiger partial charge in [0.2, 0.25) is 5.91 Å². The van der Waals surface area contributed by atoms with Gasteiger partial charge in [-0.15, -0.1) is 0 Å². The van der Waals surface area contributed by atoms with Gasteiger partial charge in [-0.2, -0.15) is 0 Å². The fraction of sp³-hybridized carbons (Fsp3) is 0.562. The van der Waals surface area contributed by atoms with E-state index in [1.165, 1.54) is 0 Å². The van der Waals surface area contributed by atoms with Crippen molar-refractivity contribution < 1.29 is 9.53 Å². The Labute approximate surface area is 115 Å². The molecule has 1 fully saturated rings. The Morgan fingerprint density at radius 2 is 2.05 bits per heavy atom. The number of ether oxygens (including phenoxy) is 1. The van der Waals surface area contributed by atoms with Crippen LogP contribution in [0.1, 0.15) is 38.8 Å². The summed E-state index contributed by atoms with van der Waals surface area (Å²) in [4.78, 5) is 14.4. The van der Waals surface area contributed by atoms with E-state index in [1.807, 2.05) is 30.0 Å². The Bertz CT molecular complexity index is 416. The molecule has 1 aliphatic heterocycles. The predicted molar refractivity (Wildman–Crippen MR) is 75.8 cm³/mol. The highest BCUT2D eigenvalue weighted by molar-refractivity contribution is 5.77. The molecule has 0 bridgehead atoms. The first kappa shape index (κ1) is 14.1. The first-order valence-electron chi connectivity index (χ1n) is 7.04. The fourth-order valence-corrected chi connectivity index (χ4v) is 2.50. The van der Waals surface area contributed by atoms with Crippen molar-refractivity contribution in [2.24, 2.45) is 5.92 Å². The summed E-state index contributed by atoms with van der Waals surface area (Å²) in [7, 11) is 0. The molecule has 3 heteroatoms. The van der Waals surface area contributed by atoms with Gasteiger partial charge in [0, 0.05) is 13.0 Å². The van der Waals surface area contributed by atoms with Gasteiger partial charge in [-0.25, -0.2) is 0 Å². The monoisotopic (exact) mass is 261 g/mol. The van der Waals surface area contributed by atoms with Crippen LogP contribution >= 0.6 is 0 Å². The number of hydrogen-bond acceptors (Lipinski definition) is 2. The molecule has 0 saturated carbocycles. The molecular formula is C16H23NO2. The Hall–Kier alpha value is -1.35. The van der Waals surface area contributed by atoms with E-state index < -0.39 is 0 Å². The number of morpholine rings is 1. The number of carbonyl (C=O) groups excluding carboxylic acids is 1. The van der Waals surface area contributed by atoms with Crippen molar-refractivity contribution in [3.05, 3.63) is 35.9 Å². The van der Waals surface area contributed by atoms with Gasteiger partial charge in [0.1, 0.15) is 0 Å². The number of rotatable bonds is 3. The van der Waals surface area contributed by atoms with Gasteiger partial charge in [-0.05, 0) is 18.4 Å². The van der Waals surface area contributed by atoms with Crippen molar-refractivity contribution in [2.75, 3.05) is 13.2 Å². The zero-order valence-electron chi connectivity index (χ0n) is 12.0. The summed E-state index contributed by atoms with van der Waals surface area (Å²) in [5.74, 6) is 0.626. The molecule has 1 aromatic rings. The summed E-state index contributed by atoms with van der Waals surface area (Å²) in [5.41, 5.74) is 1.16. The maximum Gasteiger partial charge on any atom is 0.223 e. The van der Waals surface area contributed by atoms with Crippen LogP contribution in [0.15, 0.2) is 30.3 Å². The average Bonchev–Trinajstić information content (AvgIpc) is 2.39. The zero-order chi connectivity index (χ0) is 13.8. The summed E-state index contributed by atoms with van der Waals surface area (Å²) in [6, 6.07) is 10.2. The Morgan fingerprint density at radius 1 is 1.37 bits per heavy atom. The van der Waals surface area contributed by atoms with Crippen LogP contribution in [0.4, 0.5) is 0 Å². The molecule has 2 atom stereocenters. The molecule has 1 aromatic carbocycles. The smallest absolute Gasteiger partial charge is 0.223 e. The lowest BCUT2D eigenvalue weighted by Gasteiger charge is -2.39. The molecule has 0 N–H and O–H groups in total. The highest BCUT2D eigenvalue weighted by Gasteiger charge is 2.31. The fourth-order valence-electron chi connectivity index (χ4n) is 2.50. The minimum atomic E-state index is 0.0589. The topological polar surface area (TPSA) is 29.5 Å². The summed E-state index contributed by atoms with van der Waals surface area (Å²) >= 11 is 0. The van der Waals surface area contributed by atoms with E-state index in [-0.39, 0.29) is 18.1 Å². The first-order valence-corrected chi connectivity index (χ1v) is 7.04. The van der Waals surface area contributed by atoms with Gasteiger partial charge >= 0.3 is 0 Å². The largest absolute Gasteiger partial charge is 0.374 e. The predicted octanol–water partition coefficient (Wildman–Crippen LogP) is 3.02. The molecule has 19 heavy (non-hydrogen) atoms. The molecule has 1 aliphatic rings. The molecule has 0 aromatic heterocycles. The summed E-state index contributed by atoms with van der Waals surface area (Å²) in [6.07, 6.45) is 0.729. The number of carbonyl (C=O) groups is 1. The lowest BCUT2D eigenvalue weighted by molar-refractivity contribution is -0.145. The van der Waals surface area contributed by atoms with Crippen molar-refractivity contribution in [1.82, 2.24) is 4.90 Å². The average molecular weight is 261 g/mol. The lowest BCUT2D eigenvalue weighted by Crippen LogP contribution is -2.47. The molecule has 1 amide bonds. The molecule has 1 heterocycles. The van der Waals surface area contributed by atoms with E-state index in [9.17, 15) is 4.79 Å². The van der Waals surface area contributed by atoms with Crippen LogP contribution in [0.3, 0.4) is 0 Å². The molecule has 3 nitrogen and oxygen atoms in total. The second-order valence-electron chi connectivity index (χ2n) is 5.71. The van der Waals surface area contributed by atoms with E-state index in [2.05, 4.69) is 26.0 Å². The van der Waals surface area contributed by atoms with Gasteiger partial charge in [-0.1, -0.05) is 44.2 Å². The molecule has 2 rings (SSSR count). The number of nitrogens with zero attached hydrogens (tertiary/aromatic N) is 1. The van der Waals surface area contributed by atoms with Crippen molar-refractivity contribution in [2.45, 2.75) is 39.3 Å². The minimum absolute atomic E-state index is 0.0589. The maximum absolute atomic E-state index is 12.4. The standard InChI is InChI=1S/C16H23NO2/c1-12(2)9-16(18)17-10-13(3)19-11-15(17)14-7-5-4-6-8-14/h4-8,12-13,15H,9-11H2,1-3H3. The minimum Gasteiger partial charge on any atom is -0.374 e. The summed E-state index contributed by atoms with van der Waals surface area (Å²) in [6.45, 7) is 7.47. The van der Waals surface area contributed by atoms with E-state index >= 15 is 0 Å². The van der Waals surface area contributed by atoms with Crippen LogP contribution in [0.2, 0.25) is 0 Å². The lowest BCUT2D eigenvalue weighted by atomic mass is 10.0. The van der Waals surface area contributed by atoms with Crippen LogP contribution in [-0.4, -0.2) is 30.1 Å². The Morgan fingerprint density at radius 3 is 2.68 bits per heavy atom. The van der Waals surface area contributed by atoms with Crippen LogP contribution < -0.4 is 0 Å². The Balaban J connectivity index is 2.17. The van der Waals surface area contributed by atoms with Crippen LogP contribution in [-0.2, 0) is 9.53 Å². The van der Waals surface area contributed by atoms with Gasteiger partial charge < -0.3 is 9.64 Å². The van der Waals surface area contributed by atoms with E-state index in [0.29, 0.717) is 25.5 Å². The molecule has 104 valence electrons. The van der Waals surface area contributed by atoms with Gasteiger partial charge in [-0.3, -0.25) is 4.79 Å². The molecular weight excluding hydrogens is 238 g/mol. The van der Waals surface area contributed by atoms with Crippen LogP contribution in [0.25, 0.3) is 0 Å². The van der Waals surface area contributed by atoms with Crippen molar-refractivity contribution in [1.29, 1.82) is 0 Å². The molecule has 0 radical (unpaired) electrons. The van der Waals surface area contributed by atoms with E-state index in [0.717, 1.165) is 5.56 Å². The van der Waals surface area contributed by atoms with E-state index in [1.54, 1.807) is 0 Å². The zero-order valence-corrected chi connectivity index (χ0v) is 12.0. The van der Waals surface area contributed by atoms with Gasteiger partial charge in [0.25, 0.3) is 0 Å². The second-order valence-corrected chi connectivity index (χ2v) is 5.71. The maximum atomic E-state index is 12.4. The Kier molecular flexibility index (Phi) is 4.59. The third kappa shape index (κ3) is 3.57. The third-order valence-corrected chi connectivity index (χ3v) is 3.46. The van der Waals surface area contributed by atoms with Crippen LogP contribution in [0, 0.1) is 5.92 Å². The summed E-state index contributed by atoms with van der Waals surface area (Å²) < 4.78 is 5.74. The van der Waals surface area contributed by atoms with Crippen molar-refractivity contribution in [3.63, 3.8) is 0 Å². The summed E-state index contributed by atoms with van der Waals surface area (Å²) in [5, 5.41) is 0. The normalized spacial score (nSPS) is 23.7. The third-order valence-electron chi connectivity index (χ3n) is 3.46. The van der Waals surface area contributed by atoms with Crippen molar-refractivity contribution in [3.8, 4) is 0 Å². The first-order chi connectivity index (χ1) is 9.08. The molecule has 2 unspecified atom stereocenters. The SMILES string of the molecule is CC(C)CC(=O)N1CC(C)OCC1c1ccccc1. The van der Waals surface area contributed by atoms with Crippen molar-refractivity contribution >= 4 is 5.91 Å². The van der Waals surface area contributed by atoms with Crippen LogP contribution in [0.5, 0.6) is 0 Å². The number of amides is 1. The number of hydrogen-bond donors (Lipinski definition) is 0. The van der Waals surface area contributed by atoms with Gasteiger partial charge in [0.15, 0.2) is 0 Å². The highest BCUT2D eigenvalue weighted by atomic mass is 16.5. The molecule has 0 spiro atoms. The highest BCUT2D eigenvalue weighted by Crippen LogP contribution is 2.27. The molecule has 0 aliphatic carbocycles. The quantitative estimate of drug-likeness (QED) is 0.837. The number of benzene rings is 1. The molecule has 1 saturated heterocycles. The second kappa shape index (κ2) is 6.20. The van der Waals surface area contributed by atoms with Gasteiger partial charge in [0.05, 0.1) is 18.8 Å².